The molecule has 60 heavy (non-hydrogen) atoms. The number of fused-ring (bicyclic) bond motifs is 4. The van der Waals surface area contributed by atoms with Crippen LogP contribution < -0.4 is 36.3 Å². The number of nitrogens with zero attached hydrogens (tertiary/aromatic N) is 3. The fourth-order valence-corrected chi connectivity index (χ4v) is 10.4. The first kappa shape index (κ1) is 37.7. The second-order valence-corrected chi connectivity index (χ2v) is 23.4. The van der Waals surface area contributed by atoms with E-state index in [9.17, 15) is 0 Å². The Bertz CT molecular complexity index is 2790. The molecule has 2 heterocycles. The zero-order chi connectivity index (χ0) is 41.2. The summed E-state index contributed by atoms with van der Waals surface area (Å²) in [5.74, 6) is 0. The molecule has 0 aliphatic carbocycles. The molecule has 292 valence electrons. The smallest absolute Gasteiger partial charge is 0.252 e. The quantitative estimate of drug-likeness (QED) is 0.149. The van der Waals surface area contributed by atoms with Crippen molar-refractivity contribution in [2.24, 2.45) is 0 Å². The molecule has 8 aromatic rings. The molecule has 0 saturated carbocycles. The maximum Gasteiger partial charge on any atom is 0.252 e. The van der Waals surface area contributed by atoms with Crippen LogP contribution in [0.1, 0.15) is 26.3 Å². The summed E-state index contributed by atoms with van der Waals surface area (Å²) in [6.07, 6.45) is 0. The van der Waals surface area contributed by atoms with Crippen molar-refractivity contribution in [2.45, 2.75) is 45.8 Å². The Morgan fingerprint density at radius 1 is 0.433 bits per heavy atom. The van der Waals surface area contributed by atoms with Crippen LogP contribution in [0.2, 0.25) is 19.6 Å². The van der Waals surface area contributed by atoms with E-state index in [0.29, 0.717) is 0 Å². The fourth-order valence-electron chi connectivity index (χ4n) is 9.24. The van der Waals surface area contributed by atoms with Gasteiger partial charge < -0.3 is 14.7 Å². The van der Waals surface area contributed by atoms with Gasteiger partial charge in [0.05, 0.1) is 8.07 Å². The Balaban J connectivity index is 1.21. The molecule has 0 saturated heterocycles. The van der Waals surface area contributed by atoms with Gasteiger partial charge in [-0.05, 0) is 117 Å². The largest absolute Gasteiger partial charge is 0.311 e. The van der Waals surface area contributed by atoms with E-state index >= 15 is 0 Å². The first-order valence-corrected chi connectivity index (χ1v) is 24.7. The van der Waals surface area contributed by atoms with Crippen molar-refractivity contribution in [3.05, 3.63) is 200 Å². The highest BCUT2D eigenvalue weighted by Crippen LogP contribution is 2.46. The highest BCUT2D eigenvalue weighted by atomic mass is 28.3. The molecule has 0 aromatic heterocycles. The third-order valence-electron chi connectivity index (χ3n) is 12.4. The average Bonchev–Trinajstić information content (AvgIpc) is 3.27. The van der Waals surface area contributed by atoms with Crippen molar-refractivity contribution in [3.8, 4) is 11.1 Å². The van der Waals surface area contributed by atoms with Crippen LogP contribution in [0.4, 0.5) is 51.2 Å². The molecule has 0 atom stereocenters. The van der Waals surface area contributed by atoms with Crippen molar-refractivity contribution >= 4 is 87.5 Å². The molecule has 0 spiro atoms. The minimum atomic E-state index is -1.51. The molecule has 8 aromatic carbocycles. The minimum Gasteiger partial charge on any atom is -0.311 e. The van der Waals surface area contributed by atoms with Crippen LogP contribution in [-0.4, -0.2) is 14.8 Å². The third-order valence-corrected chi connectivity index (χ3v) is 14.4. The number of para-hydroxylation sites is 3. The SMILES string of the molecule is CC(C)(C)c1ccc(-c2ccc3c(c2)N(c2ccc([Si](C)(C)C)cc2)c2cccc4c2B3c2ccc(N(c3ccccc3)c3ccccc3)cc2N4c2ccccc2)cc1. The number of anilines is 9. The van der Waals surface area contributed by atoms with Crippen LogP contribution in [0.5, 0.6) is 0 Å². The summed E-state index contributed by atoms with van der Waals surface area (Å²) in [4.78, 5) is 7.39. The number of hydrogen-bond acceptors (Lipinski definition) is 3. The van der Waals surface area contributed by atoms with Crippen LogP contribution in [0.3, 0.4) is 0 Å². The molecule has 0 unspecified atom stereocenters. The summed E-state index contributed by atoms with van der Waals surface area (Å²) in [5, 5.41) is 1.46. The molecule has 0 amide bonds. The van der Waals surface area contributed by atoms with E-state index in [2.05, 4.69) is 249 Å². The lowest BCUT2D eigenvalue weighted by Crippen LogP contribution is -2.61. The van der Waals surface area contributed by atoms with Crippen molar-refractivity contribution < 1.29 is 0 Å². The lowest BCUT2D eigenvalue weighted by atomic mass is 9.33. The first-order chi connectivity index (χ1) is 29.0. The van der Waals surface area contributed by atoms with Gasteiger partial charge in [0.15, 0.2) is 0 Å². The van der Waals surface area contributed by atoms with Crippen LogP contribution in [0, 0.1) is 0 Å². The third kappa shape index (κ3) is 6.54. The maximum atomic E-state index is 2.53. The van der Waals surface area contributed by atoms with E-state index in [1.165, 1.54) is 66.7 Å². The molecule has 0 fully saturated rings. The second-order valence-electron chi connectivity index (χ2n) is 18.3. The molecule has 5 heteroatoms. The van der Waals surface area contributed by atoms with Crippen molar-refractivity contribution in [1.29, 1.82) is 0 Å². The Hall–Kier alpha value is -6.56. The molecule has 0 bridgehead atoms. The summed E-state index contributed by atoms with van der Waals surface area (Å²) in [7, 11) is -1.51. The molecule has 3 nitrogen and oxygen atoms in total. The predicted molar refractivity (Wildman–Crippen MR) is 262 cm³/mol. The highest BCUT2D eigenvalue weighted by Gasteiger charge is 2.43. The summed E-state index contributed by atoms with van der Waals surface area (Å²) in [6.45, 7) is 14.1. The predicted octanol–water partition coefficient (Wildman–Crippen LogP) is 12.7. The van der Waals surface area contributed by atoms with Crippen LogP contribution in [-0.2, 0) is 5.41 Å². The van der Waals surface area contributed by atoms with Gasteiger partial charge in [-0.1, -0.05) is 161 Å². The van der Waals surface area contributed by atoms with Crippen molar-refractivity contribution in [1.82, 2.24) is 0 Å². The number of rotatable bonds is 7. The number of hydrogen-bond donors (Lipinski definition) is 0. The van der Waals surface area contributed by atoms with Gasteiger partial charge in [0, 0.05) is 51.2 Å². The molecule has 10 rings (SSSR count). The van der Waals surface area contributed by atoms with Gasteiger partial charge in [0.2, 0.25) is 0 Å². The van der Waals surface area contributed by atoms with Crippen LogP contribution in [0.15, 0.2) is 194 Å². The summed E-state index contributed by atoms with van der Waals surface area (Å²) in [5.41, 5.74) is 18.3. The monoisotopic (exact) mass is 791 g/mol. The van der Waals surface area contributed by atoms with E-state index in [1.54, 1.807) is 0 Å². The van der Waals surface area contributed by atoms with E-state index in [-0.39, 0.29) is 12.1 Å². The first-order valence-electron chi connectivity index (χ1n) is 21.2. The van der Waals surface area contributed by atoms with Crippen LogP contribution >= 0.6 is 0 Å². The molecule has 0 N–H and O–H groups in total. The van der Waals surface area contributed by atoms with Gasteiger partial charge in [0.25, 0.3) is 6.71 Å². The van der Waals surface area contributed by atoms with E-state index in [0.717, 1.165) is 22.7 Å². The van der Waals surface area contributed by atoms with Gasteiger partial charge in [-0.15, -0.1) is 0 Å². The second kappa shape index (κ2) is 14.6. The number of benzene rings is 8. The standard InChI is InChI=1S/C55H50BN3Si/c1-55(2,3)41-28-25-39(26-29-41)40-27-35-48-52(37-40)59(45-30-33-47(34-31-45)60(4,5)6)51-24-16-23-50-54(51)56(48)49-36-32-46(38-53(49)58(50)44-21-14-9-15-22-44)57(42-17-10-7-11-18-42)43-19-12-8-13-20-43/h7-38H,1-6H3. The topological polar surface area (TPSA) is 9.72 Å². The molecular weight excluding hydrogens is 742 g/mol. The maximum absolute atomic E-state index is 2.53. The molecule has 2 aliphatic rings. The van der Waals surface area contributed by atoms with Gasteiger partial charge in [-0.2, -0.15) is 0 Å². The Morgan fingerprint density at radius 2 is 0.933 bits per heavy atom. The van der Waals surface area contributed by atoms with Gasteiger partial charge in [-0.3, -0.25) is 0 Å². The zero-order valence-corrected chi connectivity index (χ0v) is 36.4. The van der Waals surface area contributed by atoms with Crippen molar-refractivity contribution in [3.63, 3.8) is 0 Å². The Kier molecular flexibility index (Phi) is 9.18. The Morgan fingerprint density at radius 3 is 1.48 bits per heavy atom. The normalized spacial score (nSPS) is 13.1. The minimum absolute atomic E-state index is 0.0203. The Labute approximate surface area is 357 Å². The zero-order valence-electron chi connectivity index (χ0n) is 35.4. The summed E-state index contributed by atoms with van der Waals surface area (Å²) >= 11 is 0. The summed E-state index contributed by atoms with van der Waals surface area (Å²) < 4.78 is 0. The van der Waals surface area contributed by atoms with E-state index in [4.69, 9.17) is 0 Å². The molecular formula is C55H50BN3Si. The highest BCUT2D eigenvalue weighted by molar-refractivity contribution is 7.00. The van der Waals surface area contributed by atoms with Gasteiger partial charge >= 0.3 is 0 Å². The van der Waals surface area contributed by atoms with E-state index in [1.807, 2.05) is 0 Å². The lowest BCUT2D eigenvalue weighted by Gasteiger charge is -2.44. The lowest BCUT2D eigenvalue weighted by molar-refractivity contribution is 0.590. The van der Waals surface area contributed by atoms with Gasteiger partial charge in [-0.25, -0.2) is 0 Å². The fraction of sp³-hybridized carbons (Fsp3) is 0.127. The van der Waals surface area contributed by atoms with Crippen LogP contribution in [0.25, 0.3) is 11.1 Å². The molecule has 0 radical (unpaired) electrons. The summed E-state index contributed by atoms with van der Waals surface area (Å²) in [6, 6.07) is 72.2. The van der Waals surface area contributed by atoms with Crippen molar-refractivity contribution in [2.75, 3.05) is 14.7 Å². The van der Waals surface area contributed by atoms with Gasteiger partial charge in [0.1, 0.15) is 0 Å². The molecule has 2 aliphatic heterocycles. The van der Waals surface area contributed by atoms with E-state index < -0.39 is 8.07 Å². The average molecular weight is 792 g/mol.